The fraction of sp³-hybridized carbons (Fsp3) is 0.125. The highest BCUT2D eigenvalue weighted by atomic mass is 79.9. The molecule has 0 bridgehead atoms. The monoisotopic (exact) mass is 626 g/mol. The number of carbonyl (C=O) groups is 1. The lowest BCUT2D eigenvalue weighted by atomic mass is 10.1. The number of benzene rings is 3. The van der Waals surface area contributed by atoms with Crippen LogP contribution in [0.5, 0.6) is 11.5 Å². The maximum absolute atomic E-state index is 15.2. The molecule has 1 N–H and O–H groups in total. The molecule has 192 valence electrons. The molecule has 0 heterocycles. The summed E-state index contributed by atoms with van der Waals surface area (Å²) in [5, 5.41) is 23.1. The van der Waals surface area contributed by atoms with Crippen LogP contribution in [-0.4, -0.2) is 20.2 Å². The maximum Gasteiger partial charge on any atom is 0.281 e. The number of halogens is 4. The summed E-state index contributed by atoms with van der Waals surface area (Å²) in [7, 11) is -4.25. The number of nitriles is 1. The Balaban J connectivity index is 1.80. The number of sulfonamides is 1. The average Bonchev–Trinajstić information content (AvgIpc) is 2.84. The molecule has 0 spiro atoms. The zero-order chi connectivity index (χ0) is 27.3. The van der Waals surface area contributed by atoms with Crippen molar-refractivity contribution in [1.82, 2.24) is 0 Å². The summed E-state index contributed by atoms with van der Waals surface area (Å²) in [4.78, 5) is 12.3. The lowest BCUT2D eigenvalue weighted by Gasteiger charge is -2.13. The lowest BCUT2D eigenvalue weighted by Crippen LogP contribution is -2.18. The normalized spacial score (nSPS) is 11.6. The molecule has 3 aromatic carbocycles. The van der Waals surface area contributed by atoms with Gasteiger partial charge >= 0.3 is 0 Å². The van der Waals surface area contributed by atoms with E-state index in [0.29, 0.717) is 0 Å². The van der Waals surface area contributed by atoms with Crippen LogP contribution in [-0.2, 0) is 21.2 Å². The SMILES string of the molecule is CC/C([O-])=N/S(=O)(=O)c1ccc(NC(=O)Cc2ccc(Br)c(Oc3cc(Cl)cc(C#N)c3)c2F)c(Cl)c1. The fourth-order valence-electron chi connectivity index (χ4n) is 2.98. The maximum atomic E-state index is 15.2. The van der Waals surface area contributed by atoms with Crippen molar-refractivity contribution in [1.29, 1.82) is 5.26 Å². The number of nitrogens with one attached hydrogen (secondary N) is 1. The summed E-state index contributed by atoms with van der Waals surface area (Å²) in [5.41, 5.74) is 0.283. The number of hydrogen-bond donors (Lipinski definition) is 1. The van der Waals surface area contributed by atoms with Gasteiger partial charge in [0.15, 0.2) is 11.6 Å². The van der Waals surface area contributed by atoms with E-state index in [0.717, 1.165) is 12.1 Å². The highest BCUT2D eigenvalue weighted by Crippen LogP contribution is 2.36. The summed E-state index contributed by atoms with van der Waals surface area (Å²) in [5.74, 6) is -2.37. The first-order valence-corrected chi connectivity index (χ1v) is 13.4. The van der Waals surface area contributed by atoms with Gasteiger partial charge in [0, 0.05) is 10.6 Å². The molecule has 0 saturated heterocycles. The minimum atomic E-state index is -4.25. The van der Waals surface area contributed by atoms with Gasteiger partial charge in [-0.25, -0.2) is 4.39 Å². The van der Waals surface area contributed by atoms with Gasteiger partial charge in [0.25, 0.3) is 10.0 Å². The van der Waals surface area contributed by atoms with E-state index in [1.54, 1.807) is 0 Å². The highest BCUT2D eigenvalue weighted by molar-refractivity contribution is 9.10. The molecule has 0 fully saturated rings. The van der Waals surface area contributed by atoms with Crippen molar-refractivity contribution in [3.63, 3.8) is 0 Å². The van der Waals surface area contributed by atoms with Gasteiger partial charge in [-0.3, -0.25) is 4.79 Å². The quantitative estimate of drug-likeness (QED) is 0.255. The first kappa shape index (κ1) is 28.4. The van der Waals surface area contributed by atoms with Gasteiger partial charge in [0.2, 0.25) is 5.91 Å². The Labute approximate surface area is 230 Å². The summed E-state index contributed by atoms with van der Waals surface area (Å²) in [6.45, 7) is 1.47. The Hall–Kier alpha value is -3.17. The second-order valence-electron chi connectivity index (χ2n) is 7.42. The Morgan fingerprint density at radius 3 is 2.59 bits per heavy atom. The number of carbonyl (C=O) groups excluding carboxylic acids is 1. The van der Waals surface area contributed by atoms with Crippen molar-refractivity contribution >= 4 is 66.6 Å². The van der Waals surface area contributed by atoms with Crippen LogP contribution in [0, 0.1) is 17.1 Å². The van der Waals surface area contributed by atoms with Gasteiger partial charge in [-0.05, 0) is 70.7 Å². The van der Waals surface area contributed by atoms with E-state index in [2.05, 4.69) is 25.6 Å². The Morgan fingerprint density at radius 1 is 1.22 bits per heavy atom. The minimum Gasteiger partial charge on any atom is -0.861 e. The van der Waals surface area contributed by atoms with Crippen LogP contribution in [0.2, 0.25) is 10.0 Å². The fourth-order valence-corrected chi connectivity index (χ4v) is 4.90. The molecule has 8 nitrogen and oxygen atoms in total. The number of rotatable bonds is 8. The molecule has 0 aliphatic rings. The molecule has 13 heteroatoms. The summed E-state index contributed by atoms with van der Waals surface area (Å²) >= 11 is 15.3. The van der Waals surface area contributed by atoms with Crippen molar-refractivity contribution < 1.29 is 27.4 Å². The molecule has 0 aromatic heterocycles. The summed E-state index contributed by atoms with van der Waals surface area (Å²) in [6, 6.07) is 12.4. The van der Waals surface area contributed by atoms with Crippen LogP contribution in [0.4, 0.5) is 10.1 Å². The van der Waals surface area contributed by atoms with E-state index in [-0.39, 0.29) is 54.1 Å². The van der Waals surface area contributed by atoms with Crippen molar-refractivity contribution in [3.8, 4) is 17.6 Å². The Morgan fingerprint density at radius 2 is 1.95 bits per heavy atom. The molecule has 0 saturated carbocycles. The highest BCUT2D eigenvalue weighted by Gasteiger charge is 2.19. The molecule has 0 radical (unpaired) electrons. The van der Waals surface area contributed by atoms with Gasteiger partial charge in [-0.1, -0.05) is 36.2 Å². The first-order chi connectivity index (χ1) is 17.4. The zero-order valence-corrected chi connectivity index (χ0v) is 22.8. The molecule has 0 aliphatic carbocycles. The van der Waals surface area contributed by atoms with Crippen molar-refractivity contribution in [2.24, 2.45) is 4.40 Å². The van der Waals surface area contributed by atoms with Crippen LogP contribution >= 0.6 is 39.1 Å². The van der Waals surface area contributed by atoms with E-state index in [9.17, 15) is 18.3 Å². The van der Waals surface area contributed by atoms with Crippen molar-refractivity contribution in [2.75, 3.05) is 5.32 Å². The van der Waals surface area contributed by atoms with Gasteiger partial charge in [0.05, 0.1) is 38.1 Å². The predicted octanol–water partition coefficient (Wildman–Crippen LogP) is 5.60. The summed E-state index contributed by atoms with van der Waals surface area (Å²) in [6.07, 6.45) is -0.494. The minimum absolute atomic E-state index is 0.00886. The van der Waals surface area contributed by atoms with E-state index in [1.807, 2.05) is 6.07 Å². The van der Waals surface area contributed by atoms with Crippen LogP contribution in [0.15, 0.2) is 62.3 Å². The zero-order valence-electron chi connectivity index (χ0n) is 18.9. The number of hydrogen-bond acceptors (Lipinski definition) is 6. The number of ether oxygens (including phenoxy) is 1. The largest absolute Gasteiger partial charge is 0.861 e. The van der Waals surface area contributed by atoms with Gasteiger partial charge in [-0.2, -0.15) is 18.1 Å². The lowest BCUT2D eigenvalue weighted by molar-refractivity contribution is -0.217. The third-order valence-corrected chi connectivity index (χ3v) is 7.19. The van der Waals surface area contributed by atoms with Crippen molar-refractivity contribution in [3.05, 3.63) is 80.0 Å². The molecule has 3 aromatic rings. The second kappa shape index (κ2) is 11.9. The number of nitrogens with zero attached hydrogens (tertiary/aromatic N) is 2. The standard InChI is InChI=1S/C24H17BrCl2FN3O5S/c1-2-21(32)31-37(34,35)17-4-6-20(19(27)11-17)30-22(33)9-14-3-5-18(25)24(23(14)28)36-16-8-13(12-29)7-15(26)10-16/h3-8,10-11H,2,9H2,1H3,(H,30,33)(H,31,32)/p-1. The molecule has 3 rings (SSSR count). The van der Waals surface area contributed by atoms with E-state index >= 15 is 4.39 Å². The van der Waals surface area contributed by atoms with Gasteiger partial charge in [0.1, 0.15) is 5.75 Å². The third-order valence-electron chi connectivity index (χ3n) is 4.74. The average molecular weight is 628 g/mol. The van der Waals surface area contributed by atoms with Gasteiger partial charge < -0.3 is 15.2 Å². The van der Waals surface area contributed by atoms with E-state index in [1.165, 1.54) is 43.3 Å². The predicted molar refractivity (Wildman–Crippen MR) is 139 cm³/mol. The van der Waals surface area contributed by atoms with Crippen LogP contribution < -0.4 is 15.2 Å². The number of anilines is 1. The van der Waals surface area contributed by atoms with Crippen LogP contribution in [0.1, 0.15) is 24.5 Å². The summed E-state index contributed by atoms with van der Waals surface area (Å²) < 4.78 is 48.7. The smallest absolute Gasteiger partial charge is 0.281 e. The van der Waals surface area contributed by atoms with Gasteiger partial charge in [-0.15, -0.1) is 0 Å². The molecule has 0 unspecified atom stereocenters. The third kappa shape index (κ3) is 7.20. The van der Waals surface area contributed by atoms with Crippen LogP contribution in [0.25, 0.3) is 0 Å². The topological polar surface area (TPSA) is 132 Å². The Kier molecular flexibility index (Phi) is 9.15. The van der Waals surface area contributed by atoms with Crippen LogP contribution in [0.3, 0.4) is 0 Å². The van der Waals surface area contributed by atoms with E-state index in [4.69, 9.17) is 33.2 Å². The Bertz CT molecular complexity index is 1560. The first-order valence-electron chi connectivity index (χ1n) is 10.4. The second-order valence-corrected chi connectivity index (χ2v) is 10.7. The number of amides is 1. The molecule has 1 amide bonds. The molecule has 37 heavy (non-hydrogen) atoms. The molecular weight excluding hydrogens is 612 g/mol. The molecule has 0 atom stereocenters. The van der Waals surface area contributed by atoms with Crippen molar-refractivity contribution in [2.45, 2.75) is 24.7 Å². The molecular formula is C24H16BrCl2FN3O5S-. The van der Waals surface area contributed by atoms with E-state index < -0.39 is 34.1 Å². The molecule has 0 aliphatic heterocycles.